The summed E-state index contributed by atoms with van der Waals surface area (Å²) in [5.41, 5.74) is 0.964. The highest BCUT2D eigenvalue weighted by molar-refractivity contribution is 7.10. The Morgan fingerprint density at radius 2 is 2.08 bits per heavy atom. The normalized spacial score (nSPS) is 10.6. The van der Waals surface area contributed by atoms with E-state index >= 15 is 0 Å². The zero-order chi connectivity index (χ0) is 17.5. The monoisotopic (exact) mass is 344 g/mol. The van der Waals surface area contributed by atoms with Crippen LogP contribution in [0.4, 0.5) is 5.69 Å². The number of anilines is 1. The zero-order valence-electron chi connectivity index (χ0n) is 13.9. The van der Waals surface area contributed by atoms with Crippen molar-refractivity contribution in [2.75, 3.05) is 26.0 Å². The highest BCUT2D eigenvalue weighted by Crippen LogP contribution is 2.26. The van der Waals surface area contributed by atoms with Gasteiger partial charge in [0.15, 0.2) is 0 Å². The molecule has 5 nitrogen and oxygen atoms in total. The number of rotatable bonds is 6. The maximum Gasteiger partial charge on any atom is 0.253 e. The average molecular weight is 344 g/mol. The van der Waals surface area contributed by atoms with Crippen LogP contribution in [0.25, 0.3) is 6.08 Å². The van der Waals surface area contributed by atoms with Crippen LogP contribution in [0.2, 0.25) is 0 Å². The number of benzene rings is 1. The fourth-order valence-electron chi connectivity index (χ4n) is 2.02. The molecule has 0 saturated carbocycles. The van der Waals surface area contributed by atoms with E-state index < -0.39 is 0 Å². The number of hydrogen-bond acceptors (Lipinski definition) is 4. The first kappa shape index (κ1) is 17.7. The number of thiophene rings is 1. The standard InChI is InChI=1S/C18H20N2O3S/c1-4-23-16-9-7-13(18(22)20(2)3)12-15(16)19-17(21)10-8-14-6-5-11-24-14/h5-12H,4H2,1-3H3,(H,19,21)/b10-8+. The summed E-state index contributed by atoms with van der Waals surface area (Å²) < 4.78 is 5.52. The van der Waals surface area contributed by atoms with Gasteiger partial charge in [-0.15, -0.1) is 11.3 Å². The summed E-state index contributed by atoms with van der Waals surface area (Å²) >= 11 is 1.55. The number of hydrogen-bond donors (Lipinski definition) is 1. The summed E-state index contributed by atoms with van der Waals surface area (Å²) in [7, 11) is 3.36. The Labute approximate surface area is 145 Å². The second-order valence-electron chi connectivity index (χ2n) is 5.18. The molecule has 0 aliphatic carbocycles. The highest BCUT2D eigenvalue weighted by atomic mass is 32.1. The van der Waals surface area contributed by atoms with Crippen molar-refractivity contribution in [2.24, 2.45) is 0 Å². The third-order valence-corrected chi connectivity index (χ3v) is 3.97. The van der Waals surface area contributed by atoms with Crippen LogP contribution in [0.1, 0.15) is 22.2 Å². The van der Waals surface area contributed by atoms with Gasteiger partial charge in [0.1, 0.15) is 5.75 Å². The molecule has 126 valence electrons. The lowest BCUT2D eigenvalue weighted by atomic mass is 10.1. The largest absolute Gasteiger partial charge is 0.492 e. The minimum Gasteiger partial charge on any atom is -0.492 e. The summed E-state index contributed by atoms with van der Waals surface area (Å²) in [5, 5.41) is 4.72. The zero-order valence-corrected chi connectivity index (χ0v) is 14.7. The third kappa shape index (κ3) is 4.70. The molecule has 0 unspecified atom stereocenters. The molecular formula is C18H20N2O3S. The van der Waals surface area contributed by atoms with Gasteiger partial charge >= 0.3 is 0 Å². The van der Waals surface area contributed by atoms with Gasteiger partial charge in [0.25, 0.3) is 5.91 Å². The van der Waals surface area contributed by atoms with Gasteiger partial charge in [-0.3, -0.25) is 9.59 Å². The van der Waals surface area contributed by atoms with Crippen LogP contribution in [0.5, 0.6) is 5.75 Å². The van der Waals surface area contributed by atoms with Gasteiger partial charge in [-0.25, -0.2) is 0 Å². The molecule has 24 heavy (non-hydrogen) atoms. The van der Waals surface area contributed by atoms with E-state index in [2.05, 4.69) is 5.32 Å². The Hall–Kier alpha value is -2.60. The highest BCUT2D eigenvalue weighted by Gasteiger charge is 2.13. The summed E-state index contributed by atoms with van der Waals surface area (Å²) in [6, 6.07) is 8.86. The number of nitrogens with zero attached hydrogens (tertiary/aromatic N) is 1. The Kier molecular flexibility index (Phi) is 6.14. The SMILES string of the molecule is CCOc1ccc(C(=O)N(C)C)cc1NC(=O)/C=C/c1cccs1. The summed E-state index contributed by atoms with van der Waals surface area (Å²) in [4.78, 5) is 26.7. The van der Waals surface area contributed by atoms with Gasteiger partial charge in [0, 0.05) is 30.6 Å². The second-order valence-corrected chi connectivity index (χ2v) is 6.16. The molecule has 0 atom stereocenters. The van der Waals surface area contributed by atoms with Crippen molar-refractivity contribution in [3.05, 3.63) is 52.2 Å². The molecule has 0 spiro atoms. The van der Waals surface area contributed by atoms with Crippen LogP contribution >= 0.6 is 11.3 Å². The molecule has 6 heteroatoms. The Balaban J connectivity index is 2.20. The summed E-state index contributed by atoms with van der Waals surface area (Å²) in [6.45, 7) is 2.33. The fourth-order valence-corrected chi connectivity index (χ4v) is 2.64. The van der Waals surface area contributed by atoms with Crippen LogP contribution in [0.15, 0.2) is 41.8 Å². The number of ether oxygens (including phenoxy) is 1. The van der Waals surface area contributed by atoms with Crippen molar-refractivity contribution < 1.29 is 14.3 Å². The maximum absolute atomic E-state index is 12.1. The van der Waals surface area contributed by atoms with Crippen LogP contribution in [0, 0.1) is 0 Å². The van der Waals surface area contributed by atoms with E-state index in [1.165, 1.54) is 11.0 Å². The second kappa shape index (κ2) is 8.31. The Morgan fingerprint density at radius 1 is 1.29 bits per heavy atom. The Morgan fingerprint density at radius 3 is 2.71 bits per heavy atom. The first-order valence-corrected chi connectivity index (χ1v) is 8.40. The van der Waals surface area contributed by atoms with Gasteiger partial charge in [-0.1, -0.05) is 6.07 Å². The van der Waals surface area contributed by atoms with E-state index in [1.54, 1.807) is 49.7 Å². The van der Waals surface area contributed by atoms with Crippen molar-refractivity contribution in [1.82, 2.24) is 4.90 Å². The number of carbonyl (C=O) groups is 2. The average Bonchev–Trinajstić information content (AvgIpc) is 3.07. The first-order chi connectivity index (χ1) is 11.5. The lowest BCUT2D eigenvalue weighted by Crippen LogP contribution is -2.22. The van der Waals surface area contributed by atoms with E-state index in [-0.39, 0.29) is 11.8 Å². The van der Waals surface area contributed by atoms with Crippen molar-refractivity contribution in [3.63, 3.8) is 0 Å². The molecule has 2 rings (SSSR count). The molecule has 1 aromatic carbocycles. The third-order valence-electron chi connectivity index (χ3n) is 3.13. The predicted molar refractivity (Wildman–Crippen MR) is 97.6 cm³/mol. The number of nitrogens with one attached hydrogen (secondary N) is 1. The molecule has 0 radical (unpaired) electrons. The molecule has 1 heterocycles. The lowest BCUT2D eigenvalue weighted by Gasteiger charge is -2.14. The molecule has 2 aromatic rings. The molecule has 0 aliphatic rings. The predicted octanol–water partition coefficient (Wildman–Crippen LogP) is 3.50. The molecule has 0 bridgehead atoms. The number of amides is 2. The molecular weight excluding hydrogens is 324 g/mol. The quantitative estimate of drug-likeness (QED) is 0.816. The van der Waals surface area contributed by atoms with Gasteiger partial charge < -0.3 is 15.0 Å². The van der Waals surface area contributed by atoms with E-state index in [0.29, 0.717) is 23.6 Å². The summed E-state index contributed by atoms with van der Waals surface area (Å²) in [6.07, 6.45) is 3.21. The van der Waals surface area contributed by atoms with E-state index in [0.717, 1.165) is 4.88 Å². The van der Waals surface area contributed by atoms with Gasteiger partial charge in [-0.2, -0.15) is 0 Å². The molecule has 0 fully saturated rings. The minimum atomic E-state index is -0.279. The number of carbonyl (C=O) groups excluding carboxylic acids is 2. The smallest absolute Gasteiger partial charge is 0.253 e. The molecule has 1 aromatic heterocycles. The Bertz CT molecular complexity index is 737. The van der Waals surface area contributed by atoms with Crippen LogP contribution in [-0.4, -0.2) is 37.4 Å². The van der Waals surface area contributed by atoms with E-state index in [1.807, 2.05) is 24.4 Å². The van der Waals surface area contributed by atoms with Gasteiger partial charge in [0.2, 0.25) is 5.91 Å². The van der Waals surface area contributed by atoms with Crippen molar-refractivity contribution >= 4 is 34.9 Å². The van der Waals surface area contributed by atoms with Crippen molar-refractivity contribution in [1.29, 1.82) is 0 Å². The minimum absolute atomic E-state index is 0.136. The molecule has 0 saturated heterocycles. The van der Waals surface area contributed by atoms with Gasteiger partial charge in [-0.05, 0) is 42.6 Å². The van der Waals surface area contributed by atoms with Crippen molar-refractivity contribution in [3.8, 4) is 5.75 Å². The molecule has 0 aliphatic heterocycles. The van der Waals surface area contributed by atoms with E-state index in [9.17, 15) is 9.59 Å². The van der Waals surface area contributed by atoms with E-state index in [4.69, 9.17) is 4.74 Å². The van der Waals surface area contributed by atoms with Gasteiger partial charge in [0.05, 0.1) is 12.3 Å². The lowest BCUT2D eigenvalue weighted by molar-refractivity contribution is -0.111. The van der Waals surface area contributed by atoms with Crippen LogP contribution in [0.3, 0.4) is 0 Å². The van der Waals surface area contributed by atoms with Crippen LogP contribution < -0.4 is 10.1 Å². The molecule has 2 amide bonds. The summed E-state index contributed by atoms with van der Waals surface area (Å²) in [5.74, 6) is 0.118. The molecule has 1 N–H and O–H groups in total. The maximum atomic E-state index is 12.1. The topological polar surface area (TPSA) is 58.6 Å². The van der Waals surface area contributed by atoms with Crippen molar-refractivity contribution in [2.45, 2.75) is 6.92 Å². The van der Waals surface area contributed by atoms with Crippen LogP contribution in [-0.2, 0) is 4.79 Å². The fraction of sp³-hybridized carbons (Fsp3) is 0.222. The first-order valence-electron chi connectivity index (χ1n) is 7.52.